The molecule has 0 spiro atoms. The number of hydrogen-bond acceptors (Lipinski definition) is 1. The van der Waals surface area contributed by atoms with Crippen LogP contribution in [-0.2, 0) is 7.05 Å². The predicted octanol–water partition coefficient (Wildman–Crippen LogP) is 8.02. The van der Waals surface area contributed by atoms with Gasteiger partial charge in [-0.2, -0.15) is 4.40 Å². The van der Waals surface area contributed by atoms with E-state index in [1.807, 2.05) is 0 Å². The zero-order chi connectivity index (χ0) is 23.5. The molecule has 2 saturated carbocycles. The van der Waals surface area contributed by atoms with Crippen LogP contribution in [0, 0.1) is 6.92 Å². The standard InChI is InChI=1S/C32H36N3/c1-21-20-26(23-14-7-4-8-15-23)33-30-25-16-9-10-18-27(25)35-31-24(22-12-5-3-6-13-22)17-11-19-28(31)34(2)32(35)29(21)30/h9-11,16-20,22-23H,3-8,12-15H2,1-2H3/q+1. The minimum atomic E-state index is 0.611. The van der Waals surface area contributed by atoms with Crippen LogP contribution in [0.2, 0.25) is 0 Å². The number of imidazole rings is 1. The van der Waals surface area contributed by atoms with Crippen molar-refractivity contribution in [1.82, 2.24) is 9.38 Å². The van der Waals surface area contributed by atoms with E-state index in [-0.39, 0.29) is 0 Å². The number of hydrogen-bond donors (Lipinski definition) is 0. The van der Waals surface area contributed by atoms with Crippen LogP contribution >= 0.6 is 0 Å². The average Bonchev–Trinajstić information content (AvgIpc) is 3.22. The lowest BCUT2D eigenvalue weighted by molar-refractivity contribution is -0.617. The van der Waals surface area contributed by atoms with Gasteiger partial charge in [-0.3, -0.25) is 4.98 Å². The molecule has 3 heterocycles. The zero-order valence-corrected chi connectivity index (χ0v) is 21.2. The van der Waals surface area contributed by atoms with Crippen molar-refractivity contribution in [3.63, 3.8) is 0 Å². The first-order valence-corrected chi connectivity index (χ1v) is 13.9. The summed E-state index contributed by atoms with van der Waals surface area (Å²) in [5, 5.41) is 2.60. The van der Waals surface area contributed by atoms with Gasteiger partial charge >= 0.3 is 0 Å². The van der Waals surface area contributed by atoms with Crippen LogP contribution in [0.4, 0.5) is 0 Å². The molecule has 2 aliphatic rings. The fourth-order valence-electron chi connectivity index (χ4n) is 7.34. The minimum absolute atomic E-state index is 0.611. The molecule has 0 saturated heterocycles. The number of benzene rings is 2. The van der Waals surface area contributed by atoms with Gasteiger partial charge in [0.25, 0.3) is 5.65 Å². The molecule has 7 rings (SSSR count). The summed E-state index contributed by atoms with van der Waals surface area (Å²) in [5.74, 6) is 1.27. The maximum Gasteiger partial charge on any atom is 0.297 e. The summed E-state index contributed by atoms with van der Waals surface area (Å²) in [5.41, 5.74) is 10.7. The monoisotopic (exact) mass is 462 g/mol. The largest absolute Gasteiger partial charge is 0.297 e. The molecule has 178 valence electrons. The Hall–Kier alpha value is -2.94. The van der Waals surface area contributed by atoms with Crippen molar-refractivity contribution in [3.05, 3.63) is 65.4 Å². The number of aryl methyl sites for hydroxylation is 2. The lowest BCUT2D eigenvalue weighted by Gasteiger charge is -2.22. The van der Waals surface area contributed by atoms with Crippen LogP contribution in [0.5, 0.6) is 0 Å². The summed E-state index contributed by atoms with van der Waals surface area (Å²) in [7, 11) is 2.25. The molecule has 0 atom stereocenters. The highest BCUT2D eigenvalue weighted by molar-refractivity contribution is 6.12. The zero-order valence-electron chi connectivity index (χ0n) is 21.2. The molecule has 3 aromatic heterocycles. The van der Waals surface area contributed by atoms with Crippen molar-refractivity contribution in [3.8, 4) is 0 Å². The van der Waals surface area contributed by atoms with Crippen molar-refractivity contribution in [2.24, 2.45) is 7.05 Å². The number of nitrogens with zero attached hydrogens (tertiary/aromatic N) is 3. The highest BCUT2D eigenvalue weighted by Gasteiger charge is 2.30. The molecule has 5 aromatic rings. The molecule has 0 bridgehead atoms. The SMILES string of the molecule is Cc1cc(C2CCCCC2)nc2c3ccccc3n3c4c(C5CCCCC5)cccc4[n+](C)c3c12. The van der Waals surface area contributed by atoms with Gasteiger partial charge in [-0.25, -0.2) is 4.57 Å². The Balaban J connectivity index is 1.62. The van der Waals surface area contributed by atoms with Crippen molar-refractivity contribution in [2.45, 2.75) is 83.0 Å². The van der Waals surface area contributed by atoms with Gasteiger partial charge in [-0.1, -0.05) is 62.8 Å². The van der Waals surface area contributed by atoms with E-state index in [0.717, 1.165) is 0 Å². The van der Waals surface area contributed by atoms with E-state index in [0.29, 0.717) is 11.8 Å². The third kappa shape index (κ3) is 3.23. The van der Waals surface area contributed by atoms with Crippen LogP contribution < -0.4 is 4.57 Å². The Kier molecular flexibility index (Phi) is 5.08. The van der Waals surface area contributed by atoms with Crippen LogP contribution in [0.1, 0.15) is 92.9 Å². The van der Waals surface area contributed by atoms with Crippen LogP contribution in [0.25, 0.3) is 38.5 Å². The van der Waals surface area contributed by atoms with E-state index in [1.165, 1.54) is 120 Å². The van der Waals surface area contributed by atoms with Gasteiger partial charge in [0.05, 0.1) is 18.0 Å². The summed E-state index contributed by atoms with van der Waals surface area (Å²) in [6.45, 7) is 2.31. The second-order valence-corrected chi connectivity index (χ2v) is 11.2. The molecule has 3 heteroatoms. The quantitative estimate of drug-likeness (QED) is 0.192. The summed E-state index contributed by atoms with van der Waals surface area (Å²) in [4.78, 5) is 5.43. The summed E-state index contributed by atoms with van der Waals surface area (Å²) in [6.07, 6.45) is 13.3. The molecule has 3 nitrogen and oxygen atoms in total. The second-order valence-electron chi connectivity index (χ2n) is 11.2. The number of rotatable bonds is 2. The Labute approximate surface area is 207 Å². The number of para-hydroxylation sites is 2. The lowest BCUT2D eigenvalue weighted by atomic mass is 9.83. The van der Waals surface area contributed by atoms with Gasteiger partial charge in [0.1, 0.15) is 5.52 Å². The molecule has 0 aliphatic heterocycles. The molecule has 2 aromatic carbocycles. The summed E-state index contributed by atoms with van der Waals surface area (Å²) in [6, 6.07) is 18.4. The molecule has 0 amide bonds. The first kappa shape index (κ1) is 21.4. The number of fused-ring (bicyclic) bond motifs is 8. The topological polar surface area (TPSA) is 21.2 Å². The maximum atomic E-state index is 5.43. The normalized spacial score (nSPS) is 18.3. The summed E-state index contributed by atoms with van der Waals surface area (Å²) < 4.78 is 5.01. The Morgan fingerprint density at radius 3 is 2.31 bits per heavy atom. The highest BCUT2D eigenvalue weighted by Crippen LogP contribution is 2.40. The van der Waals surface area contributed by atoms with E-state index in [2.05, 4.69) is 71.5 Å². The third-order valence-corrected chi connectivity index (χ3v) is 9.09. The second kappa shape index (κ2) is 8.33. The lowest BCUT2D eigenvalue weighted by Crippen LogP contribution is -2.27. The van der Waals surface area contributed by atoms with Gasteiger partial charge in [-0.05, 0) is 68.4 Å². The van der Waals surface area contributed by atoms with E-state index < -0.39 is 0 Å². The van der Waals surface area contributed by atoms with Crippen LogP contribution in [-0.4, -0.2) is 9.38 Å². The van der Waals surface area contributed by atoms with Gasteiger partial charge in [0, 0.05) is 22.6 Å². The molecular weight excluding hydrogens is 426 g/mol. The van der Waals surface area contributed by atoms with E-state index >= 15 is 0 Å². The third-order valence-electron chi connectivity index (χ3n) is 9.09. The highest BCUT2D eigenvalue weighted by atomic mass is 15.1. The van der Waals surface area contributed by atoms with Gasteiger partial charge in [0.2, 0.25) is 0 Å². The van der Waals surface area contributed by atoms with E-state index in [4.69, 9.17) is 4.98 Å². The van der Waals surface area contributed by atoms with Crippen molar-refractivity contribution >= 4 is 38.5 Å². The Morgan fingerprint density at radius 1 is 0.829 bits per heavy atom. The molecule has 35 heavy (non-hydrogen) atoms. The smallest absolute Gasteiger partial charge is 0.251 e. The fourth-order valence-corrected chi connectivity index (χ4v) is 7.34. The van der Waals surface area contributed by atoms with Gasteiger partial charge < -0.3 is 0 Å². The van der Waals surface area contributed by atoms with Gasteiger partial charge in [0.15, 0.2) is 11.0 Å². The molecular formula is C32H36N3+. The molecule has 2 fully saturated rings. The molecule has 0 radical (unpaired) electrons. The first-order valence-electron chi connectivity index (χ1n) is 13.9. The first-order chi connectivity index (χ1) is 17.2. The van der Waals surface area contributed by atoms with Gasteiger partial charge in [-0.15, -0.1) is 0 Å². The summed E-state index contributed by atoms with van der Waals surface area (Å²) >= 11 is 0. The van der Waals surface area contributed by atoms with E-state index in [1.54, 1.807) is 0 Å². The van der Waals surface area contributed by atoms with E-state index in [9.17, 15) is 0 Å². The van der Waals surface area contributed by atoms with Crippen molar-refractivity contribution < 1.29 is 4.57 Å². The Morgan fingerprint density at radius 2 is 1.54 bits per heavy atom. The maximum absolute atomic E-state index is 5.43. The minimum Gasteiger partial charge on any atom is -0.251 e. The number of pyridine rings is 2. The molecule has 2 aliphatic carbocycles. The van der Waals surface area contributed by atoms with Crippen molar-refractivity contribution in [1.29, 1.82) is 0 Å². The predicted molar refractivity (Wildman–Crippen MR) is 145 cm³/mol. The fraction of sp³-hybridized carbons (Fsp3) is 0.438. The molecule has 0 unspecified atom stereocenters. The van der Waals surface area contributed by atoms with Crippen molar-refractivity contribution in [2.75, 3.05) is 0 Å². The van der Waals surface area contributed by atoms with Crippen LogP contribution in [0.15, 0.2) is 48.5 Å². The molecule has 0 N–H and O–H groups in total. The average molecular weight is 463 g/mol. The van der Waals surface area contributed by atoms with Crippen LogP contribution in [0.3, 0.4) is 0 Å². The Bertz CT molecular complexity index is 1580. The number of aromatic nitrogens is 3.